The molecule has 2 rings (SSSR count). The van der Waals surface area contributed by atoms with E-state index in [9.17, 15) is 5.11 Å². The molecule has 88 valence electrons. The van der Waals surface area contributed by atoms with Crippen LogP contribution in [0.2, 0.25) is 5.02 Å². The normalized spacial score (nSPS) is 10.3. The molecule has 17 heavy (non-hydrogen) atoms. The van der Waals surface area contributed by atoms with Gasteiger partial charge in [0, 0.05) is 22.8 Å². The fourth-order valence-corrected chi connectivity index (χ4v) is 1.83. The standard InChI is InChI=1S/C13H12ClNO2/c1-17-13-5-2-9(7-15-13)12-4-3-11(14)6-10(12)8-16/h2-7,16H,8H2,1H3. The zero-order valence-electron chi connectivity index (χ0n) is 9.35. The molecule has 1 heterocycles. The van der Waals surface area contributed by atoms with Crippen LogP contribution in [0.5, 0.6) is 5.88 Å². The summed E-state index contributed by atoms with van der Waals surface area (Å²) in [5, 5.41) is 9.91. The molecule has 0 saturated carbocycles. The number of aromatic nitrogens is 1. The van der Waals surface area contributed by atoms with Gasteiger partial charge in [-0.1, -0.05) is 17.7 Å². The summed E-state index contributed by atoms with van der Waals surface area (Å²) >= 11 is 5.88. The summed E-state index contributed by atoms with van der Waals surface area (Å²) < 4.78 is 5.00. The fraction of sp³-hybridized carbons (Fsp3) is 0.154. The van der Waals surface area contributed by atoms with Gasteiger partial charge in [-0.05, 0) is 29.3 Å². The molecule has 0 atom stereocenters. The van der Waals surface area contributed by atoms with Gasteiger partial charge in [-0.2, -0.15) is 0 Å². The van der Waals surface area contributed by atoms with Crippen molar-refractivity contribution >= 4 is 11.6 Å². The lowest BCUT2D eigenvalue weighted by Gasteiger charge is -2.08. The largest absolute Gasteiger partial charge is 0.481 e. The molecule has 1 aromatic carbocycles. The summed E-state index contributed by atoms with van der Waals surface area (Å²) in [5.74, 6) is 0.563. The first-order valence-corrected chi connectivity index (χ1v) is 5.52. The molecule has 0 aliphatic carbocycles. The van der Waals surface area contributed by atoms with Gasteiger partial charge < -0.3 is 9.84 Å². The van der Waals surface area contributed by atoms with Crippen molar-refractivity contribution in [2.45, 2.75) is 6.61 Å². The first-order chi connectivity index (χ1) is 8.24. The summed E-state index contributed by atoms with van der Waals surface area (Å²) in [7, 11) is 1.57. The molecule has 0 amide bonds. The summed E-state index contributed by atoms with van der Waals surface area (Å²) in [6, 6.07) is 9.10. The smallest absolute Gasteiger partial charge is 0.212 e. The Kier molecular flexibility index (Phi) is 3.61. The van der Waals surface area contributed by atoms with E-state index in [1.165, 1.54) is 0 Å². The average molecular weight is 250 g/mol. The third-order valence-corrected chi connectivity index (χ3v) is 2.73. The minimum atomic E-state index is -0.0536. The minimum absolute atomic E-state index is 0.0536. The summed E-state index contributed by atoms with van der Waals surface area (Å²) in [6.45, 7) is -0.0536. The number of hydrogen-bond acceptors (Lipinski definition) is 3. The van der Waals surface area contributed by atoms with Crippen molar-refractivity contribution in [1.82, 2.24) is 4.98 Å². The van der Waals surface area contributed by atoms with Gasteiger partial charge in [-0.15, -0.1) is 0 Å². The molecule has 0 bridgehead atoms. The Morgan fingerprint density at radius 2 is 2.12 bits per heavy atom. The Balaban J connectivity index is 2.44. The van der Waals surface area contributed by atoms with Crippen LogP contribution in [0.15, 0.2) is 36.5 Å². The second-order valence-electron chi connectivity index (χ2n) is 3.55. The van der Waals surface area contributed by atoms with Crippen LogP contribution in [-0.2, 0) is 6.61 Å². The molecule has 3 nitrogen and oxygen atoms in total. The third kappa shape index (κ3) is 2.57. The molecule has 0 spiro atoms. The van der Waals surface area contributed by atoms with E-state index < -0.39 is 0 Å². The fourth-order valence-electron chi connectivity index (χ4n) is 1.64. The minimum Gasteiger partial charge on any atom is -0.481 e. The van der Waals surface area contributed by atoms with Crippen LogP contribution >= 0.6 is 11.6 Å². The zero-order valence-corrected chi connectivity index (χ0v) is 10.1. The van der Waals surface area contributed by atoms with Crippen LogP contribution in [-0.4, -0.2) is 17.2 Å². The lowest BCUT2D eigenvalue weighted by molar-refractivity contribution is 0.282. The SMILES string of the molecule is COc1ccc(-c2ccc(Cl)cc2CO)cn1. The predicted octanol–water partition coefficient (Wildman–Crippen LogP) is 2.90. The van der Waals surface area contributed by atoms with Crippen LogP contribution in [0, 0.1) is 0 Å². The maximum absolute atomic E-state index is 9.30. The summed E-state index contributed by atoms with van der Waals surface area (Å²) in [5.41, 5.74) is 2.63. The highest BCUT2D eigenvalue weighted by atomic mass is 35.5. The molecule has 0 saturated heterocycles. The van der Waals surface area contributed by atoms with E-state index in [1.807, 2.05) is 12.1 Å². The van der Waals surface area contributed by atoms with E-state index >= 15 is 0 Å². The van der Waals surface area contributed by atoms with Crippen molar-refractivity contribution in [1.29, 1.82) is 0 Å². The number of ether oxygens (including phenoxy) is 1. The van der Waals surface area contributed by atoms with Crippen LogP contribution < -0.4 is 4.74 Å². The Morgan fingerprint density at radius 1 is 1.29 bits per heavy atom. The molecule has 0 radical (unpaired) electrons. The molecule has 0 unspecified atom stereocenters. The van der Waals surface area contributed by atoms with E-state index in [-0.39, 0.29) is 6.61 Å². The van der Waals surface area contributed by atoms with Crippen molar-refractivity contribution in [3.63, 3.8) is 0 Å². The number of pyridine rings is 1. The number of methoxy groups -OCH3 is 1. The van der Waals surface area contributed by atoms with Crippen molar-refractivity contribution in [3.8, 4) is 17.0 Å². The van der Waals surface area contributed by atoms with Gasteiger partial charge in [0.2, 0.25) is 5.88 Å². The quantitative estimate of drug-likeness (QED) is 0.910. The number of rotatable bonds is 3. The molecule has 0 aliphatic heterocycles. The van der Waals surface area contributed by atoms with Crippen molar-refractivity contribution in [2.75, 3.05) is 7.11 Å². The number of benzene rings is 1. The Bertz CT molecular complexity index is 511. The van der Waals surface area contributed by atoms with Gasteiger partial charge in [0.15, 0.2) is 0 Å². The molecule has 0 fully saturated rings. The highest BCUT2D eigenvalue weighted by molar-refractivity contribution is 6.30. The first-order valence-electron chi connectivity index (χ1n) is 5.14. The molecule has 1 aromatic heterocycles. The molecule has 1 N–H and O–H groups in total. The highest BCUT2D eigenvalue weighted by Gasteiger charge is 2.06. The molecule has 4 heteroatoms. The molecular weight excluding hydrogens is 238 g/mol. The molecule has 2 aromatic rings. The van der Waals surface area contributed by atoms with Crippen LogP contribution in [0.1, 0.15) is 5.56 Å². The van der Waals surface area contributed by atoms with Crippen LogP contribution in [0.3, 0.4) is 0 Å². The van der Waals surface area contributed by atoms with E-state index in [0.717, 1.165) is 16.7 Å². The second-order valence-corrected chi connectivity index (χ2v) is 3.99. The average Bonchev–Trinajstić information content (AvgIpc) is 2.39. The molecular formula is C13H12ClNO2. The zero-order chi connectivity index (χ0) is 12.3. The third-order valence-electron chi connectivity index (χ3n) is 2.49. The van der Waals surface area contributed by atoms with E-state index in [0.29, 0.717) is 10.9 Å². The van der Waals surface area contributed by atoms with Gasteiger partial charge in [0.1, 0.15) is 0 Å². The molecule has 0 aliphatic rings. The Labute approximate surface area is 105 Å². The highest BCUT2D eigenvalue weighted by Crippen LogP contribution is 2.26. The van der Waals surface area contributed by atoms with Gasteiger partial charge in [-0.25, -0.2) is 4.98 Å². The predicted molar refractivity (Wildman–Crippen MR) is 67.2 cm³/mol. The van der Waals surface area contributed by atoms with E-state index in [4.69, 9.17) is 16.3 Å². The number of hydrogen-bond donors (Lipinski definition) is 1. The van der Waals surface area contributed by atoms with E-state index in [2.05, 4.69) is 4.98 Å². The lowest BCUT2D eigenvalue weighted by atomic mass is 10.0. The first kappa shape index (κ1) is 11.9. The van der Waals surface area contributed by atoms with Crippen LogP contribution in [0.25, 0.3) is 11.1 Å². The van der Waals surface area contributed by atoms with E-state index in [1.54, 1.807) is 31.5 Å². The number of aliphatic hydroxyl groups is 1. The Hall–Kier alpha value is -1.58. The van der Waals surface area contributed by atoms with Gasteiger partial charge >= 0.3 is 0 Å². The Morgan fingerprint density at radius 3 is 2.71 bits per heavy atom. The monoisotopic (exact) mass is 249 g/mol. The number of halogens is 1. The summed E-state index contributed by atoms with van der Waals surface area (Å²) in [4.78, 5) is 4.13. The summed E-state index contributed by atoms with van der Waals surface area (Å²) in [6.07, 6.45) is 1.71. The maximum Gasteiger partial charge on any atom is 0.212 e. The number of aliphatic hydroxyl groups excluding tert-OH is 1. The van der Waals surface area contributed by atoms with Crippen LogP contribution in [0.4, 0.5) is 0 Å². The number of nitrogens with zero attached hydrogens (tertiary/aromatic N) is 1. The topological polar surface area (TPSA) is 42.4 Å². The second kappa shape index (κ2) is 5.17. The lowest BCUT2D eigenvalue weighted by Crippen LogP contribution is -1.91. The maximum atomic E-state index is 9.30. The van der Waals surface area contributed by atoms with Gasteiger partial charge in [-0.3, -0.25) is 0 Å². The van der Waals surface area contributed by atoms with Crippen molar-refractivity contribution in [2.24, 2.45) is 0 Å². The van der Waals surface area contributed by atoms with Crippen molar-refractivity contribution in [3.05, 3.63) is 47.1 Å². The van der Waals surface area contributed by atoms with Gasteiger partial charge in [0.25, 0.3) is 0 Å². The van der Waals surface area contributed by atoms with Crippen molar-refractivity contribution < 1.29 is 9.84 Å². The van der Waals surface area contributed by atoms with Gasteiger partial charge in [0.05, 0.1) is 13.7 Å².